The first-order chi connectivity index (χ1) is 17.6. The van der Waals surface area contributed by atoms with Gasteiger partial charge in [0.2, 0.25) is 5.90 Å². The largest absolute Gasteiger partial charge is 0.497 e. The summed E-state index contributed by atoms with van der Waals surface area (Å²) in [7, 11) is 3.10. The van der Waals surface area contributed by atoms with E-state index in [1.54, 1.807) is 55.7 Å². The average Bonchev–Trinajstić information content (AvgIpc) is 3.32. The molecule has 0 amide bonds. The number of allylic oxidation sites excluding steroid dienone is 2. The van der Waals surface area contributed by atoms with E-state index in [0.717, 1.165) is 0 Å². The van der Waals surface area contributed by atoms with Crippen LogP contribution in [-0.4, -0.2) is 32.7 Å². The maximum absolute atomic E-state index is 12.9. The molecule has 0 spiro atoms. The molecule has 2 aliphatic rings. The molecule has 0 radical (unpaired) electrons. The second-order valence-corrected chi connectivity index (χ2v) is 7.72. The topological polar surface area (TPSA) is 99.4 Å². The van der Waals surface area contributed by atoms with Gasteiger partial charge in [-0.25, -0.2) is 9.79 Å². The van der Waals surface area contributed by atoms with Crippen molar-refractivity contribution in [2.24, 2.45) is 4.99 Å². The molecule has 0 N–H and O–H groups in total. The number of methoxy groups -OCH3 is 2. The number of fused-ring (bicyclic) bond motifs is 1. The van der Waals surface area contributed by atoms with Crippen LogP contribution in [0.25, 0.3) is 11.3 Å². The summed E-state index contributed by atoms with van der Waals surface area (Å²) in [6, 6.07) is 21.7. The summed E-state index contributed by atoms with van der Waals surface area (Å²) in [4.78, 5) is 17.5. The Bertz CT molecular complexity index is 1480. The van der Waals surface area contributed by atoms with Crippen molar-refractivity contribution in [2.45, 2.75) is 0 Å². The third-order valence-electron chi connectivity index (χ3n) is 5.60. The van der Waals surface area contributed by atoms with Gasteiger partial charge in [0.25, 0.3) is 0 Å². The van der Waals surface area contributed by atoms with Crippen LogP contribution in [0, 0.1) is 11.3 Å². The number of hydrogen-bond donors (Lipinski definition) is 0. The van der Waals surface area contributed by atoms with E-state index < -0.39 is 5.97 Å². The third-order valence-corrected chi connectivity index (χ3v) is 5.60. The number of benzene rings is 3. The van der Waals surface area contributed by atoms with Crippen molar-refractivity contribution in [2.75, 3.05) is 20.8 Å². The smallest absolute Gasteiger partial charge is 0.364 e. The van der Waals surface area contributed by atoms with Crippen molar-refractivity contribution in [3.05, 3.63) is 95.2 Å². The van der Waals surface area contributed by atoms with Crippen LogP contribution in [0.3, 0.4) is 0 Å². The summed E-state index contributed by atoms with van der Waals surface area (Å²) in [6.45, 7) is -0.102. The van der Waals surface area contributed by atoms with Gasteiger partial charge in [-0.2, -0.15) is 5.26 Å². The highest BCUT2D eigenvalue weighted by Crippen LogP contribution is 2.41. The maximum Gasteiger partial charge on any atom is 0.364 e. The van der Waals surface area contributed by atoms with Crippen LogP contribution < -0.4 is 18.9 Å². The van der Waals surface area contributed by atoms with Gasteiger partial charge in [-0.15, -0.1) is 0 Å². The highest BCUT2D eigenvalue weighted by Gasteiger charge is 2.31. The SMILES string of the molecule is COc1ccc(C2=N/C(=C3\C=C(c4ccc(OCC#N)c(OC)c4)Oc4ccccc43)C(=O)O2)cc1. The molecule has 36 heavy (non-hydrogen) atoms. The van der Waals surface area contributed by atoms with Gasteiger partial charge in [0, 0.05) is 22.3 Å². The third kappa shape index (κ3) is 4.26. The van der Waals surface area contributed by atoms with E-state index in [1.807, 2.05) is 30.3 Å². The number of rotatable bonds is 6. The molecule has 8 heteroatoms. The Labute approximate surface area is 207 Å². The molecule has 0 saturated carbocycles. The van der Waals surface area contributed by atoms with Crippen molar-refractivity contribution in [1.82, 2.24) is 0 Å². The van der Waals surface area contributed by atoms with Gasteiger partial charge in [-0.05, 0) is 54.6 Å². The summed E-state index contributed by atoms with van der Waals surface area (Å²) < 4.78 is 27.7. The van der Waals surface area contributed by atoms with Gasteiger partial charge in [0.15, 0.2) is 23.8 Å². The Morgan fingerprint density at radius 1 is 0.917 bits per heavy atom. The number of nitrogens with zero attached hydrogens (tertiary/aromatic N) is 2. The Balaban J connectivity index is 1.60. The summed E-state index contributed by atoms with van der Waals surface area (Å²) >= 11 is 0. The molecule has 178 valence electrons. The van der Waals surface area contributed by atoms with Crippen molar-refractivity contribution in [1.29, 1.82) is 5.26 Å². The van der Waals surface area contributed by atoms with Crippen molar-refractivity contribution in [3.8, 4) is 29.1 Å². The molecule has 0 aliphatic carbocycles. The Morgan fingerprint density at radius 2 is 1.69 bits per heavy atom. The number of cyclic esters (lactones) is 1. The normalized spacial score (nSPS) is 16.1. The number of carbonyl (C=O) groups is 1. The minimum absolute atomic E-state index is 0.102. The molecule has 0 saturated heterocycles. The van der Waals surface area contributed by atoms with Crippen LogP contribution in [0.1, 0.15) is 16.7 Å². The van der Waals surface area contributed by atoms with Crippen LogP contribution in [0.5, 0.6) is 23.0 Å². The number of esters is 1. The predicted octanol–water partition coefficient (Wildman–Crippen LogP) is 4.75. The molecule has 5 rings (SSSR count). The first-order valence-corrected chi connectivity index (χ1v) is 11.0. The molecule has 2 heterocycles. The van der Waals surface area contributed by atoms with Gasteiger partial charge in [0.05, 0.1) is 14.2 Å². The van der Waals surface area contributed by atoms with Crippen LogP contribution in [0.4, 0.5) is 0 Å². The van der Waals surface area contributed by atoms with Crippen molar-refractivity contribution >= 4 is 23.2 Å². The second kappa shape index (κ2) is 9.68. The predicted molar refractivity (Wildman–Crippen MR) is 132 cm³/mol. The molecule has 3 aromatic rings. The van der Waals surface area contributed by atoms with E-state index in [4.69, 9.17) is 28.9 Å². The lowest BCUT2D eigenvalue weighted by Gasteiger charge is -2.21. The van der Waals surface area contributed by atoms with E-state index in [2.05, 4.69) is 4.99 Å². The molecule has 0 aromatic heterocycles. The van der Waals surface area contributed by atoms with E-state index in [9.17, 15) is 4.79 Å². The Kier molecular flexibility index (Phi) is 6.12. The molecule has 2 aliphatic heterocycles. The second-order valence-electron chi connectivity index (χ2n) is 7.72. The lowest BCUT2D eigenvalue weighted by molar-refractivity contribution is -0.129. The summed E-state index contributed by atoms with van der Waals surface area (Å²) in [5, 5.41) is 8.81. The fourth-order valence-corrected chi connectivity index (χ4v) is 3.86. The molecular weight excluding hydrogens is 460 g/mol. The quantitative estimate of drug-likeness (QED) is 0.371. The molecule has 0 bridgehead atoms. The lowest BCUT2D eigenvalue weighted by Crippen LogP contribution is -2.08. The van der Waals surface area contributed by atoms with E-state index in [-0.39, 0.29) is 18.2 Å². The zero-order chi connectivity index (χ0) is 25.1. The van der Waals surface area contributed by atoms with Gasteiger partial charge in [-0.1, -0.05) is 18.2 Å². The summed E-state index contributed by atoms with van der Waals surface area (Å²) in [5.74, 6) is 2.29. The van der Waals surface area contributed by atoms with Crippen LogP contribution in [-0.2, 0) is 9.53 Å². The lowest BCUT2D eigenvalue weighted by atomic mass is 9.97. The number of carbonyl (C=O) groups excluding carboxylic acids is 1. The number of nitriles is 1. The number of para-hydroxylation sites is 1. The zero-order valence-corrected chi connectivity index (χ0v) is 19.5. The Morgan fingerprint density at radius 3 is 2.44 bits per heavy atom. The summed E-state index contributed by atoms with van der Waals surface area (Å²) in [5.41, 5.74) is 2.81. The zero-order valence-electron chi connectivity index (χ0n) is 19.5. The highest BCUT2D eigenvalue weighted by atomic mass is 16.6. The molecular formula is C28H20N2O6. The average molecular weight is 480 g/mol. The molecule has 0 fully saturated rings. The van der Waals surface area contributed by atoms with Gasteiger partial charge < -0.3 is 23.7 Å². The van der Waals surface area contributed by atoms with Gasteiger partial charge in [-0.3, -0.25) is 0 Å². The maximum atomic E-state index is 12.9. The number of hydrogen-bond acceptors (Lipinski definition) is 8. The first kappa shape index (κ1) is 22.7. The number of ether oxygens (including phenoxy) is 5. The van der Waals surface area contributed by atoms with E-state index in [1.165, 1.54) is 7.11 Å². The summed E-state index contributed by atoms with van der Waals surface area (Å²) in [6.07, 6.45) is 1.75. The van der Waals surface area contributed by atoms with E-state index >= 15 is 0 Å². The minimum Gasteiger partial charge on any atom is -0.497 e. The van der Waals surface area contributed by atoms with Gasteiger partial charge in [0.1, 0.15) is 23.3 Å². The van der Waals surface area contributed by atoms with Crippen LogP contribution >= 0.6 is 0 Å². The molecule has 0 unspecified atom stereocenters. The fourth-order valence-electron chi connectivity index (χ4n) is 3.86. The Hall–Kier alpha value is -5.03. The van der Waals surface area contributed by atoms with Crippen LogP contribution in [0.15, 0.2) is 83.5 Å². The van der Waals surface area contributed by atoms with Crippen molar-refractivity contribution in [3.63, 3.8) is 0 Å². The first-order valence-electron chi connectivity index (χ1n) is 11.0. The highest BCUT2D eigenvalue weighted by molar-refractivity contribution is 6.15. The minimum atomic E-state index is -0.555. The monoisotopic (exact) mass is 480 g/mol. The van der Waals surface area contributed by atoms with Gasteiger partial charge >= 0.3 is 5.97 Å². The van der Waals surface area contributed by atoms with E-state index in [0.29, 0.717) is 51.0 Å². The van der Waals surface area contributed by atoms with Crippen LogP contribution in [0.2, 0.25) is 0 Å². The van der Waals surface area contributed by atoms with Crippen molar-refractivity contribution < 1.29 is 28.5 Å². The molecule has 0 atom stereocenters. The molecule has 3 aromatic carbocycles. The fraction of sp³-hybridized carbons (Fsp3) is 0.107. The number of aliphatic imine (C=N–C) groups is 1. The molecule has 8 nitrogen and oxygen atoms in total. The standard InChI is InChI=1S/C28H20N2O6/c1-32-19-10-7-17(8-11-19)27-30-26(28(31)36-27)21-16-24(35-22-6-4-3-5-20(21)22)18-9-12-23(34-14-13-29)25(15-18)33-2/h3-12,15-16H,14H2,1-2H3/b26-21+.